The number of benzene rings is 1. The molecular formula is C14H20F2N2. The largest absolute Gasteiger partial charge is 0.315 e. The average Bonchev–Trinajstić information content (AvgIpc) is 2.87. The lowest BCUT2D eigenvalue weighted by Gasteiger charge is -2.33. The van der Waals surface area contributed by atoms with Crippen molar-refractivity contribution in [2.75, 3.05) is 19.6 Å². The minimum atomic E-state index is -0.764. The number of nitrogens with zero attached hydrogens (tertiary/aromatic N) is 1. The van der Waals surface area contributed by atoms with Crippen molar-refractivity contribution in [3.8, 4) is 0 Å². The molecule has 1 aromatic carbocycles. The summed E-state index contributed by atoms with van der Waals surface area (Å²) < 4.78 is 27.1. The lowest BCUT2D eigenvalue weighted by molar-refractivity contribution is 0.159. The Morgan fingerprint density at radius 3 is 2.83 bits per heavy atom. The molecule has 2 nitrogen and oxygen atoms in total. The van der Waals surface area contributed by atoms with Crippen molar-refractivity contribution in [1.82, 2.24) is 10.2 Å². The second-order valence-electron chi connectivity index (χ2n) is 4.80. The summed E-state index contributed by atoms with van der Waals surface area (Å²) in [7, 11) is 0. The number of hydrogen-bond acceptors (Lipinski definition) is 2. The molecule has 0 radical (unpaired) electrons. The molecule has 1 heterocycles. The maximum atomic E-state index is 13.8. The van der Waals surface area contributed by atoms with E-state index >= 15 is 0 Å². The zero-order valence-electron chi connectivity index (χ0n) is 10.9. The van der Waals surface area contributed by atoms with Crippen molar-refractivity contribution < 1.29 is 8.78 Å². The Kier molecular flexibility index (Phi) is 4.30. The summed E-state index contributed by atoms with van der Waals surface area (Å²) in [4.78, 5) is 2.23. The Labute approximate surface area is 107 Å². The molecule has 2 unspecified atom stereocenters. The van der Waals surface area contributed by atoms with Gasteiger partial charge in [0.2, 0.25) is 0 Å². The average molecular weight is 254 g/mol. The number of likely N-dealkylation sites (N-methyl/N-ethyl adjacent to an activating group) is 1. The maximum Gasteiger partial charge on any atom is 0.163 e. The van der Waals surface area contributed by atoms with Gasteiger partial charge in [-0.3, -0.25) is 4.90 Å². The molecule has 1 fully saturated rings. The maximum absolute atomic E-state index is 13.8. The molecule has 2 rings (SSSR count). The highest BCUT2D eigenvalue weighted by atomic mass is 19.2. The van der Waals surface area contributed by atoms with E-state index in [1.54, 1.807) is 12.1 Å². The molecule has 0 aromatic heterocycles. The highest BCUT2D eigenvalue weighted by molar-refractivity contribution is 5.22. The fraction of sp³-hybridized carbons (Fsp3) is 0.571. The van der Waals surface area contributed by atoms with Crippen LogP contribution in [0.1, 0.15) is 31.9 Å². The minimum Gasteiger partial charge on any atom is -0.315 e. The van der Waals surface area contributed by atoms with Gasteiger partial charge in [-0.15, -0.1) is 0 Å². The predicted molar refractivity (Wildman–Crippen MR) is 68.4 cm³/mol. The van der Waals surface area contributed by atoms with Crippen LogP contribution in [0.2, 0.25) is 0 Å². The highest BCUT2D eigenvalue weighted by Crippen LogP contribution is 2.27. The smallest absolute Gasteiger partial charge is 0.163 e. The van der Waals surface area contributed by atoms with Gasteiger partial charge in [-0.25, -0.2) is 8.78 Å². The number of hydrogen-bond donors (Lipinski definition) is 1. The molecule has 18 heavy (non-hydrogen) atoms. The third-order valence-corrected chi connectivity index (χ3v) is 3.80. The van der Waals surface area contributed by atoms with Gasteiger partial charge in [-0.1, -0.05) is 19.1 Å². The van der Waals surface area contributed by atoms with Crippen molar-refractivity contribution >= 4 is 0 Å². The van der Waals surface area contributed by atoms with Gasteiger partial charge in [0.1, 0.15) is 0 Å². The van der Waals surface area contributed by atoms with Crippen LogP contribution < -0.4 is 5.32 Å². The summed E-state index contributed by atoms with van der Waals surface area (Å²) >= 11 is 0. The molecule has 1 aliphatic rings. The van der Waals surface area contributed by atoms with Gasteiger partial charge < -0.3 is 5.32 Å². The third kappa shape index (κ3) is 2.54. The van der Waals surface area contributed by atoms with Crippen LogP contribution in [0.3, 0.4) is 0 Å². The molecular weight excluding hydrogens is 234 g/mol. The molecule has 0 spiro atoms. The third-order valence-electron chi connectivity index (χ3n) is 3.80. The van der Waals surface area contributed by atoms with Gasteiger partial charge in [-0.05, 0) is 32.5 Å². The summed E-state index contributed by atoms with van der Waals surface area (Å²) in [6, 6.07) is 4.72. The standard InChI is InChI=1S/C14H20F2N2/c1-3-18(11-7-8-17-9-11)10(2)12-5-4-6-13(15)14(12)16/h4-6,10-11,17H,3,7-9H2,1-2H3. The van der Waals surface area contributed by atoms with E-state index < -0.39 is 11.6 Å². The van der Waals surface area contributed by atoms with Crippen LogP contribution in [-0.4, -0.2) is 30.6 Å². The van der Waals surface area contributed by atoms with E-state index in [0.29, 0.717) is 11.6 Å². The Hall–Kier alpha value is -1.00. The lowest BCUT2D eigenvalue weighted by Crippen LogP contribution is -2.39. The van der Waals surface area contributed by atoms with E-state index in [0.717, 1.165) is 26.1 Å². The normalized spacial score (nSPS) is 21.5. The topological polar surface area (TPSA) is 15.3 Å². The first kappa shape index (κ1) is 13.4. The van der Waals surface area contributed by atoms with E-state index in [1.165, 1.54) is 6.07 Å². The zero-order valence-corrected chi connectivity index (χ0v) is 10.9. The molecule has 100 valence electrons. The van der Waals surface area contributed by atoms with Crippen LogP contribution >= 0.6 is 0 Å². The Morgan fingerprint density at radius 1 is 1.44 bits per heavy atom. The number of halogens is 2. The monoisotopic (exact) mass is 254 g/mol. The van der Waals surface area contributed by atoms with E-state index in [1.807, 2.05) is 6.92 Å². The molecule has 0 aliphatic carbocycles. The first-order chi connectivity index (χ1) is 8.65. The number of nitrogens with one attached hydrogen (secondary N) is 1. The summed E-state index contributed by atoms with van der Waals surface area (Å²) in [5, 5.41) is 3.31. The van der Waals surface area contributed by atoms with Gasteiger partial charge in [0.15, 0.2) is 11.6 Å². The van der Waals surface area contributed by atoms with E-state index in [-0.39, 0.29) is 6.04 Å². The van der Waals surface area contributed by atoms with Gasteiger partial charge in [0, 0.05) is 24.2 Å². The van der Waals surface area contributed by atoms with Gasteiger partial charge in [0.25, 0.3) is 0 Å². The van der Waals surface area contributed by atoms with Crippen LogP contribution in [0, 0.1) is 11.6 Å². The first-order valence-electron chi connectivity index (χ1n) is 6.55. The molecule has 0 amide bonds. The lowest BCUT2D eigenvalue weighted by atomic mass is 10.0. The van der Waals surface area contributed by atoms with Crippen molar-refractivity contribution in [2.24, 2.45) is 0 Å². The van der Waals surface area contributed by atoms with Crippen molar-refractivity contribution in [2.45, 2.75) is 32.4 Å². The van der Waals surface area contributed by atoms with Crippen LogP contribution in [0.15, 0.2) is 18.2 Å². The Balaban J connectivity index is 2.22. The molecule has 4 heteroatoms. The molecule has 1 aliphatic heterocycles. The van der Waals surface area contributed by atoms with Crippen molar-refractivity contribution in [1.29, 1.82) is 0 Å². The highest BCUT2D eigenvalue weighted by Gasteiger charge is 2.27. The van der Waals surface area contributed by atoms with Gasteiger partial charge >= 0.3 is 0 Å². The quantitative estimate of drug-likeness (QED) is 0.888. The second kappa shape index (κ2) is 5.76. The van der Waals surface area contributed by atoms with Crippen LogP contribution in [-0.2, 0) is 0 Å². The summed E-state index contributed by atoms with van der Waals surface area (Å²) in [6.07, 6.45) is 1.06. The summed E-state index contributed by atoms with van der Waals surface area (Å²) in [5.41, 5.74) is 0.448. The summed E-state index contributed by atoms with van der Waals surface area (Å²) in [5.74, 6) is -1.48. The molecule has 0 saturated carbocycles. The fourth-order valence-electron chi connectivity index (χ4n) is 2.79. The van der Waals surface area contributed by atoms with E-state index in [9.17, 15) is 8.78 Å². The van der Waals surface area contributed by atoms with Crippen LogP contribution in [0.5, 0.6) is 0 Å². The van der Waals surface area contributed by atoms with Crippen LogP contribution in [0.4, 0.5) is 8.78 Å². The van der Waals surface area contributed by atoms with E-state index in [2.05, 4.69) is 17.1 Å². The molecule has 1 N–H and O–H groups in total. The Bertz CT molecular complexity index is 403. The second-order valence-corrected chi connectivity index (χ2v) is 4.80. The minimum absolute atomic E-state index is 0.101. The predicted octanol–water partition coefficient (Wildman–Crippen LogP) is 2.71. The van der Waals surface area contributed by atoms with Crippen molar-refractivity contribution in [3.05, 3.63) is 35.4 Å². The van der Waals surface area contributed by atoms with Crippen LogP contribution in [0.25, 0.3) is 0 Å². The zero-order chi connectivity index (χ0) is 13.1. The molecule has 2 atom stereocenters. The molecule has 1 aromatic rings. The fourth-order valence-corrected chi connectivity index (χ4v) is 2.79. The van der Waals surface area contributed by atoms with Gasteiger partial charge in [0.05, 0.1) is 0 Å². The Morgan fingerprint density at radius 2 is 2.22 bits per heavy atom. The van der Waals surface area contributed by atoms with Crippen molar-refractivity contribution in [3.63, 3.8) is 0 Å². The molecule has 0 bridgehead atoms. The SMILES string of the molecule is CCN(C1CCNC1)C(C)c1cccc(F)c1F. The van der Waals surface area contributed by atoms with Gasteiger partial charge in [-0.2, -0.15) is 0 Å². The first-order valence-corrected chi connectivity index (χ1v) is 6.55. The summed E-state index contributed by atoms with van der Waals surface area (Å²) in [6.45, 7) is 6.77. The van der Waals surface area contributed by atoms with E-state index in [4.69, 9.17) is 0 Å². The molecule has 1 saturated heterocycles. The number of rotatable bonds is 4.